The molecule has 0 spiro atoms. The maximum atomic E-state index is 8.91. The van der Waals surface area contributed by atoms with Crippen LogP contribution in [0.4, 0.5) is 0 Å². The SMILES string of the molecule is C[C@H](CO)NCc1cc(Br)c2c(c1)OCO2. The van der Waals surface area contributed by atoms with E-state index >= 15 is 0 Å². The predicted molar refractivity (Wildman–Crippen MR) is 63.7 cm³/mol. The van der Waals surface area contributed by atoms with E-state index in [-0.39, 0.29) is 19.4 Å². The first-order chi connectivity index (χ1) is 7.70. The molecule has 5 heteroatoms. The highest BCUT2D eigenvalue weighted by molar-refractivity contribution is 9.10. The van der Waals surface area contributed by atoms with Crippen LogP contribution in [0.3, 0.4) is 0 Å². The zero-order valence-electron chi connectivity index (χ0n) is 9.00. The van der Waals surface area contributed by atoms with E-state index in [1.165, 1.54) is 0 Å². The van der Waals surface area contributed by atoms with E-state index in [4.69, 9.17) is 14.6 Å². The monoisotopic (exact) mass is 287 g/mol. The Bertz CT molecular complexity index is 384. The van der Waals surface area contributed by atoms with E-state index in [1.807, 2.05) is 19.1 Å². The summed E-state index contributed by atoms with van der Waals surface area (Å²) < 4.78 is 11.5. The van der Waals surface area contributed by atoms with Crippen molar-refractivity contribution in [3.05, 3.63) is 22.2 Å². The maximum Gasteiger partial charge on any atom is 0.231 e. The van der Waals surface area contributed by atoms with Gasteiger partial charge in [-0.3, -0.25) is 0 Å². The molecule has 0 saturated heterocycles. The Morgan fingerprint density at radius 3 is 3.06 bits per heavy atom. The van der Waals surface area contributed by atoms with Gasteiger partial charge in [0.15, 0.2) is 11.5 Å². The van der Waals surface area contributed by atoms with Gasteiger partial charge in [0.2, 0.25) is 6.79 Å². The number of ether oxygens (including phenoxy) is 2. The van der Waals surface area contributed by atoms with Gasteiger partial charge in [-0.1, -0.05) is 0 Å². The Hall–Kier alpha value is -0.780. The minimum absolute atomic E-state index is 0.0872. The molecule has 0 fully saturated rings. The predicted octanol–water partition coefficient (Wildman–Crippen LogP) is 1.65. The van der Waals surface area contributed by atoms with Crippen LogP contribution in [-0.2, 0) is 6.54 Å². The fourth-order valence-corrected chi connectivity index (χ4v) is 2.08. The number of halogens is 1. The van der Waals surface area contributed by atoms with E-state index in [0.29, 0.717) is 6.54 Å². The van der Waals surface area contributed by atoms with Crippen LogP contribution in [0.25, 0.3) is 0 Å². The van der Waals surface area contributed by atoms with E-state index in [9.17, 15) is 0 Å². The molecule has 2 N–H and O–H groups in total. The fourth-order valence-electron chi connectivity index (χ4n) is 1.48. The molecule has 1 atom stereocenters. The molecule has 4 nitrogen and oxygen atoms in total. The van der Waals surface area contributed by atoms with Gasteiger partial charge in [-0.15, -0.1) is 0 Å². The molecule has 0 aromatic heterocycles. The molecule has 2 rings (SSSR count). The van der Waals surface area contributed by atoms with Gasteiger partial charge in [0, 0.05) is 12.6 Å². The topological polar surface area (TPSA) is 50.7 Å². The van der Waals surface area contributed by atoms with E-state index in [1.54, 1.807) is 0 Å². The number of fused-ring (bicyclic) bond motifs is 1. The van der Waals surface area contributed by atoms with Crippen LogP contribution in [0.5, 0.6) is 11.5 Å². The van der Waals surface area contributed by atoms with Gasteiger partial charge >= 0.3 is 0 Å². The molecule has 1 aromatic carbocycles. The smallest absolute Gasteiger partial charge is 0.231 e. The van der Waals surface area contributed by atoms with Crippen LogP contribution in [0.2, 0.25) is 0 Å². The van der Waals surface area contributed by atoms with Crippen molar-refractivity contribution >= 4 is 15.9 Å². The van der Waals surface area contributed by atoms with Crippen molar-refractivity contribution in [2.24, 2.45) is 0 Å². The molecule has 1 aromatic rings. The summed E-state index contributed by atoms with van der Waals surface area (Å²) in [5, 5.41) is 12.1. The van der Waals surface area contributed by atoms with Gasteiger partial charge in [-0.05, 0) is 40.5 Å². The van der Waals surface area contributed by atoms with Gasteiger partial charge in [-0.2, -0.15) is 0 Å². The molecule has 1 heterocycles. The number of aliphatic hydroxyl groups is 1. The molecule has 88 valence electrons. The average molecular weight is 288 g/mol. The lowest BCUT2D eigenvalue weighted by atomic mass is 10.2. The Labute approximate surface area is 103 Å². The summed E-state index contributed by atoms with van der Waals surface area (Å²) in [5.74, 6) is 1.53. The van der Waals surface area contributed by atoms with Crippen molar-refractivity contribution in [3.63, 3.8) is 0 Å². The van der Waals surface area contributed by atoms with Gasteiger partial charge < -0.3 is 19.9 Å². The van der Waals surface area contributed by atoms with Crippen molar-refractivity contribution in [2.45, 2.75) is 19.5 Å². The number of aliphatic hydroxyl groups excluding tert-OH is 1. The number of nitrogens with one attached hydrogen (secondary N) is 1. The van der Waals surface area contributed by atoms with Gasteiger partial charge in [0.1, 0.15) is 0 Å². The zero-order chi connectivity index (χ0) is 11.5. The second kappa shape index (κ2) is 5.03. The second-order valence-electron chi connectivity index (χ2n) is 3.78. The van der Waals surface area contributed by atoms with E-state index in [0.717, 1.165) is 21.5 Å². The average Bonchev–Trinajstić information content (AvgIpc) is 2.74. The maximum absolute atomic E-state index is 8.91. The Morgan fingerprint density at radius 1 is 1.50 bits per heavy atom. The van der Waals surface area contributed by atoms with Crippen LogP contribution in [0.15, 0.2) is 16.6 Å². The number of hydrogen-bond donors (Lipinski definition) is 2. The Kier molecular flexibility index (Phi) is 3.68. The number of benzene rings is 1. The summed E-state index contributed by atoms with van der Waals surface area (Å²) in [6.07, 6.45) is 0. The summed E-state index contributed by atoms with van der Waals surface area (Å²) in [4.78, 5) is 0. The van der Waals surface area contributed by atoms with Crippen LogP contribution < -0.4 is 14.8 Å². The van der Waals surface area contributed by atoms with Gasteiger partial charge in [-0.25, -0.2) is 0 Å². The van der Waals surface area contributed by atoms with Gasteiger partial charge in [0.05, 0.1) is 11.1 Å². The third-order valence-corrected chi connectivity index (χ3v) is 3.00. The first kappa shape index (κ1) is 11.7. The molecule has 0 bridgehead atoms. The highest BCUT2D eigenvalue weighted by Gasteiger charge is 2.17. The minimum Gasteiger partial charge on any atom is -0.454 e. The third-order valence-electron chi connectivity index (χ3n) is 2.42. The fraction of sp³-hybridized carbons (Fsp3) is 0.455. The Morgan fingerprint density at radius 2 is 2.31 bits per heavy atom. The zero-order valence-corrected chi connectivity index (χ0v) is 10.6. The first-order valence-electron chi connectivity index (χ1n) is 5.13. The van der Waals surface area contributed by atoms with Crippen molar-refractivity contribution in [3.8, 4) is 11.5 Å². The first-order valence-corrected chi connectivity index (χ1v) is 5.92. The van der Waals surface area contributed by atoms with Gasteiger partial charge in [0.25, 0.3) is 0 Å². The number of rotatable bonds is 4. The largest absolute Gasteiger partial charge is 0.454 e. The van der Waals surface area contributed by atoms with Crippen molar-refractivity contribution < 1.29 is 14.6 Å². The lowest BCUT2D eigenvalue weighted by Crippen LogP contribution is -2.28. The summed E-state index contributed by atoms with van der Waals surface area (Å²) >= 11 is 3.44. The van der Waals surface area contributed by atoms with Crippen molar-refractivity contribution in [1.29, 1.82) is 0 Å². The molecular weight excluding hydrogens is 274 g/mol. The molecule has 0 aliphatic carbocycles. The lowest BCUT2D eigenvalue weighted by molar-refractivity contribution is 0.173. The minimum atomic E-state index is 0.0872. The summed E-state index contributed by atoms with van der Waals surface area (Å²) in [6.45, 7) is 3.03. The summed E-state index contributed by atoms with van der Waals surface area (Å²) in [5.41, 5.74) is 1.09. The molecule has 1 aliphatic rings. The Balaban J connectivity index is 2.08. The normalized spacial score (nSPS) is 15.2. The lowest BCUT2D eigenvalue weighted by Gasteiger charge is -2.11. The highest BCUT2D eigenvalue weighted by Crippen LogP contribution is 2.39. The molecule has 0 radical (unpaired) electrons. The molecule has 0 amide bonds. The molecule has 16 heavy (non-hydrogen) atoms. The molecule has 0 saturated carbocycles. The highest BCUT2D eigenvalue weighted by atomic mass is 79.9. The quantitative estimate of drug-likeness (QED) is 0.884. The number of hydrogen-bond acceptors (Lipinski definition) is 4. The van der Waals surface area contributed by atoms with Crippen molar-refractivity contribution in [2.75, 3.05) is 13.4 Å². The van der Waals surface area contributed by atoms with Crippen LogP contribution in [0.1, 0.15) is 12.5 Å². The standard InChI is InChI=1S/C11H14BrNO3/c1-7(5-14)13-4-8-2-9(12)11-10(3-8)15-6-16-11/h2-3,7,13-14H,4-6H2,1H3/t7-/m1/s1. The second-order valence-corrected chi connectivity index (χ2v) is 4.63. The summed E-state index contributed by atoms with van der Waals surface area (Å²) in [6, 6.07) is 4.03. The van der Waals surface area contributed by atoms with Crippen molar-refractivity contribution in [1.82, 2.24) is 5.32 Å². The molecule has 1 aliphatic heterocycles. The molecular formula is C11H14BrNO3. The molecule has 0 unspecified atom stereocenters. The third kappa shape index (κ3) is 2.48. The van der Waals surface area contributed by atoms with E-state index < -0.39 is 0 Å². The van der Waals surface area contributed by atoms with E-state index in [2.05, 4.69) is 21.2 Å². The summed E-state index contributed by atoms with van der Waals surface area (Å²) in [7, 11) is 0. The van der Waals surface area contributed by atoms with Crippen LogP contribution >= 0.6 is 15.9 Å². The van der Waals surface area contributed by atoms with Crippen LogP contribution in [-0.4, -0.2) is 24.5 Å². The van der Waals surface area contributed by atoms with Crippen LogP contribution in [0, 0.1) is 0 Å².